The highest BCUT2D eigenvalue weighted by Crippen LogP contribution is 2.29. The van der Waals surface area contributed by atoms with Gasteiger partial charge in [0, 0.05) is 23.2 Å². The average Bonchev–Trinajstić information content (AvgIpc) is 3.42. The highest BCUT2D eigenvalue weighted by Gasteiger charge is 2.13. The second-order valence-electron chi connectivity index (χ2n) is 8.98. The van der Waals surface area contributed by atoms with Crippen LogP contribution in [-0.4, -0.2) is 36.0 Å². The maximum atomic E-state index is 10.2. The Labute approximate surface area is 236 Å². The van der Waals surface area contributed by atoms with Crippen LogP contribution >= 0.6 is 0 Å². The number of benzene rings is 2. The molecular formula is C32H26N6O3. The minimum atomic E-state index is -1.09. The predicted octanol–water partition coefficient (Wildman–Crippen LogP) is 5.75. The fourth-order valence-electron chi connectivity index (χ4n) is 4.10. The Bertz CT molecular complexity index is 1850. The fourth-order valence-corrected chi connectivity index (χ4v) is 4.10. The van der Waals surface area contributed by atoms with Crippen LogP contribution in [0.15, 0.2) is 121 Å². The van der Waals surface area contributed by atoms with Gasteiger partial charge in [0.25, 0.3) is 0 Å². The third kappa shape index (κ3) is 6.03. The minimum Gasteiger partial charge on any atom is -0.485 e. The monoisotopic (exact) mass is 542 g/mol. The van der Waals surface area contributed by atoms with Gasteiger partial charge in [-0.05, 0) is 48.9 Å². The van der Waals surface area contributed by atoms with Crippen LogP contribution in [0.1, 0.15) is 12.7 Å². The molecule has 0 fully saturated rings. The zero-order valence-corrected chi connectivity index (χ0v) is 22.3. The van der Waals surface area contributed by atoms with Gasteiger partial charge in [0.2, 0.25) is 0 Å². The van der Waals surface area contributed by atoms with Gasteiger partial charge in [-0.3, -0.25) is 4.98 Å². The summed E-state index contributed by atoms with van der Waals surface area (Å²) in [6.07, 6.45) is 5.51. The lowest BCUT2D eigenvalue weighted by Gasteiger charge is -2.11. The fraction of sp³-hybridized carbons (Fsp3) is 0.0938. The van der Waals surface area contributed by atoms with Gasteiger partial charge in [-0.15, -0.1) is 10.2 Å². The highest BCUT2D eigenvalue weighted by atomic mass is 16.5. The van der Waals surface area contributed by atoms with Crippen molar-refractivity contribution in [2.45, 2.75) is 19.6 Å². The van der Waals surface area contributed by atoms with E-state index in [9.17, 15) is 5.11 Å². The van der Waals surface area contributed by atoms with Crippen molar-refractivity contribution in [2.75, 3.05) is 0 Å². The van der Waals surface area contributed by atoms with Crippen molar-refractivity contribution in [3.8, 4) is 28.8 Å². The molecule has 41 heavy (non-hydrogen) atoms. The molecule has 1 atom stereocenters. The van der Waals surface area contributed by atoms with E-state index < -0.39 is 6.10 Å². The van der Waals surface area contributed by atoms with E-state index in [1.165, 1.54) is 0 Å². The molecule has 5 aromatic rings. The lowest BCUT2D eigenvalue weighted by molar-refractivity contribution is 0.255. The van der Waals surface area contributed by atoms with Gasteiger partial charge >= 0.3 is 0 Å². The van der Waals surface area contributed by atoms with Gasteiger partial charge < -0.3 is 14.6 Å². The smallest absolute Gasteiger partial charge is 0.192 e. The number of hydrogen-bond donors (Lipinski definition) is 1. The van der Waals surface area contributed by atoms with E-state index in [4.69, 9.17) is 19.8 Å². The van der Waals surface area contributed by atoms with Gasteiger partial charge in [-0.25, -0.2) is 0 Å². The summed E-state index contributed by atoms with van der Waals surface area (Å²) in [4.78, 5) is 4.45. The molecule has 0 aliphatic carbocycles. The van der Waals surface area contributed by atoms with Gasteiger partial charge in [0.05, 0.1) is 22.9 Å². The number of rotatable bonds is 10. The maximum absolute atomic E-state index is 10.2. The standard InChI is InChI=1S/C32H26N6O3/c1-4-23(32(39)21(2)19-33)11-10-22(3)41-25-12-13-26-28(18-25)34-17-16-29(26)40-20-31-36-35-30-15-14-27(37-38(30)31)24-8-6-5-7-9-24/h4-18,32,39H,2-3,20H2,1H3. The number of aliphatic hydroxyl groups excluding tert-OH is 1. The maximum Gasteiger partial charge on any atom is 0.192 e. The van der Waals surface area contributed by atoms with Crippen molar-refractivity contribution < 1.29 is 14.6 Å². The van der Waals surface area contributed by atoms with Crippen molar-refractivity contribution in [1.82, 2.24) is 24.8 Å². The van der Waals surface area contributed by atoms with Crippen LogP contribution in [0.25, 0.3) is 27.8 Å². The first-order chi connectivity index (χ1) is 20.0. The molecule has 0 bridgehead atoms. The quantitative estimate of drug-likeness (QED) is 0.135. The third-order valence-electron chi connectivity index (χ3n) is 6.26. The summed E-state index contributed by atoms with van der Waals surface area (Å²) in [5.74, 6) is 2.06. The van der Waals surface area contributed by atoms with Gasteiger partial charge in [-0.2, -0.15) is 14.9 Å². The highest BCUT2D eigenvalue weighted by molar-refractivity contribution is 5.86. The Balaban J connectivity index is 1.30. The number of ether oxygens (including phenoxy) is 2. The molecule has 0 spiro atoms. The van der Waals surface area contributed by atoms with E-state index in [2.05, 4.69) is 28.3 Å². The summed E-state index contributed by atoms with van der Waals surface area (Å²) in [5, 5.41) is 33.1. The number of fused-ring (bicyclic) bond motifs is 2. The SMILES string of the molecule is C=C(C=CC(=CC)C(O)C(=C)C#N)Oc1ccc2c(OCc3nnc4ccc(-c5ccccc5)nn34)ccnc2c1. The van der Waals surface area contributed by atoms with Crippen LogP contribution < -0.4 is 9.47 Å². The third-order valence-corrected chi connectivity index (χ3v) is 6.26. The van der Waals surface area contributed by atoms with E-state index in [-0.39, 0.29) is 12.2 Å². The Morgan fingerprint density at radius 3 is 2.68 bits per heavy atom. The molecule has 0 saturated carbocycles. The van der Waals surface area contributed by atoms with E-state index in [0.29, 0.717) is 39.8 Å². The Kier molecular flexibility index (Phi) is 7.95. The topological polar surface area (TPSA) is 118 Å². The predicted molar refractivity (Wildman–Crippen MR) is 156 cm³/mol. The number of nitriles is 1. The van der Waals surface area contributed by atoms with E-state index in [1.807, 2.05) is 54.6 Å². The molecule has 0 aliphatic heterocycles. The Morgan fingerprint density at radius 2 is 1.90 bits per heavy atom. The van der Waals surface area contributed by atoms with Crippen LogP contribution in [0.3, 0.4) is 0 Å². The molecule has 3 heterocycles. The number of pyridine rings is 1. The lowest BCUT2D eigenvalue weighted by Crippen LogP contribution is -2.10. The van der Waals surface area contributed by atoms with Crippen molar-refractivity contribution in [1.29, 1.82) is 5.26 Å². The van der Waals surface area contributed by atoms with Gasteiger partial charge in [0.15, 0.2) is 11.5 Å². The molecule has 0 radical (unpaired) electrons. The van der Waals surface area contributed by atoms with Crippen LogP contribution in [0.4, 0.5) is 0 Å². The normalized spacial score (nSPS) is 12.4. The van der Waals surface area contributed by atoms with Crippen molar-refractivity contribution in [2.24, 2.45) is 0 Å². The van der Waals surface area contributed by atoms with Crippen LogP contribution in [0.2, 0.25) is 0 Å². The van der Waals surface area contributed by atoms with E-state index in [1.54, 1.807) is 54.1 Å². The largest absolute Gasteiger partial charge is 0.485 e. The second kappa shape index (κ2) is 12.1. The first kappa shape index (κ1) is 27.0. The zero-order valence-electron chi connectivity index (χ0n) is 22.3. The Morgan fingerprint density at radius 1 is 1.07 bits per heavy atom. The summed E-state index contributed by atoms with van der Waals surface area (Å²) in [6, 6.07) is 22.8. The molecule has 202 valence electrons. The summed E-state index contributed by atoms with van der Waals surface area (Å²) < 4.78 is 13.7. The number of hydrogen-bond acceptors (Lipinski definition) is 8. The zero-order chi connectivity index (χ0) is 28.8. The molecule has 9 nitrogen and oxygen atoms in total. The average molecular weight is 543 g/mol. The number of nitrogens with zero attached hydrogens (tertiary/aromatic N) is 6. The van der Waals surface area contributed by atoms with E-state index >= 15 is 0 Å². The summed E-state index contributed by atoms with van der Waals surface area (Å²) in [7, 11) is 0. The summed E-state index contributed by atoms with van der Waals surface area (Å²) >= 11 is 0. The minimum absolute atomic E-state index is 0.0540. The lowest BCUT2D eigenvalue weighted by atomic mass is 10.0. The molecule has 3 aromatic heterocycles. The van der Waals surface area contributed by atoms with Crippen molar-refractivity contribution >= 4 is 16.6 Å². The molecule has 5 rings (SSSR count). The van der Waals surface area contributed by atoms with E-state index in [0.717, 1.165) is 16.6 Å². The van der Waals surface area contributed by atoms with Crippen LogP contribution in [0.5, 0.6) is 11.5 Å². The summed E-state index contributed by atoms with van der Waals surface area (Å²) in [5.41, 5.74) is 3.67. The molecule has 1 unspecified atom stereocenters. The van der Waals surface area contributed by atoms with Crippen molar-refractivity contribution in [3.63, 3.8) is 0 Å². The number of aromatic nitrogens is 5. The van der Waals surface area contributed by atoms with Crippen LogP contribution in [-0.2, 0) is 6.61 Å². The molecule has 0 aliphatic rings. The molecule has 2 aromatic carbocycles. The molecule has 1 N–H and O–H groups in total. The molecule has 0 saturated heterocycles. The van der Waals surface area contributed by atoms with Crippen LogP contribution in [0, 0.1) is 11.3 Å². The molecule has 0 amide bonds. The second-order valence-corrected chi connectivity index (χ2v) is 8.98. The number of aliphatic hydroxyl groups is 1. The van der Waals surface area contributed by atoms with Crippen molar-refractivity contribution in [3.05, 3.63) is 127 Å². The first-order valence-corrected chi connectivity index (χ1v) is 12.7. The van der Waals surface area contributed by atoms with Gasteiger partial charge in [0.1, 0.15) is 30.0 Å². The van der Waals surface area contributed by atoms with Gasteiger partial charge in [-0.1, -0.05) is 55.6 Å². The molecular weight excluding hydrogens is 516 g/mol. The number of allylic oxidation sites excluding steroid dienone is 2. The molecule has 9 heteroatoms. The Hall–Kier alpha value is -5.59. The first-order valence-electron chi connectivity index (χ1n) is 12.7. The summed E-state index contributed by atoms with van der Waals surface area (Å²) in [6.45, 7) is 9.39.